The lowest BCUT2D eigenvalue weighted by Crippen LogP contribution is -2.29. The molecular formula is C15H16Br2N2O. The molecule has 106 valence electrons. The van der Waals surface area contributed by atoms with E-state index in [2.05, 4.69) is 49.4 Å². The Kier molecular flexibility index (Phi) is 5.60. The summed E-state index contributed by atoms with van der Waals surface area (Å²) in [6.07, 6.45) is 0.793. The van der Waals surface area contributed by atoms with Crippen LogP contribution in [0, 0.1) is 0 Å². The molecule has 1 atom stereocenters. The first-order valence-electron chi connectivity index (χ1n) is 6.18. The molecule has 0 aliphatic carbocycles. The van der Waals surface area contributed by atoms with Gasteiger partial charge in [-0.1, -0.05) is 50.1 Å². The molecule has 0 aliphatic heterocycles. The molecule has 0 amide bonds. The van der Waals surface area contributed by atoms with Gasteiger partial charge < -0.3 is 4.74 Å². The molecule has 0 aliphatic rings. The molecule has 3 nitrogen and oxygen atoms in total. The first kappa shape index (κ1) is 15.5. The molecule has 0 bridgehead atoms. The van der Waals surface area contributed by atoms with Crippen LogP contribution in [0.25, 0.3) is 0 Å². The highest BCUT2D eigenvalue weighted by molar-refractivity contribution is 9.10. The van der Waals surface area contributed by atoms with Gasteiger partial charge in [0.15, 0.2) is 0 Å². The zero-order chi connectivity index (χ0) is 14.5. The number of nitrogens with two attached hydrogens (primary N) is 1. The Morgan fingerprint density at radius 2 is 1.75 bits per heavy atom. The zero-order valence-corrected chi connectivity index (χ0v) is 14.2. The highest BCUT2D eigenvalue weighted by Gasteiger charge is 2.15. The number of nitrogens with one attached hydrogen (secondary N) is 1. The number of benzene rings is 2. The largest absolute Gasteiger partial charge is 0.496 e. The van der Waals surface area contributed by atoms with Crippen LogP contribution in [-0.2, 0) is 6.42 Å². The van der Waals surface area contributed by atoms with Crippen LogP contribution in [0.1, 0.15) is 17.2 Å². The van der Waals surface area contributed by atoms with Crippen molar-refractivity contribution in [2.45, 2.75) is 12.5 Å². The van der Waals surface area contributed by atoms with Crippen LogP contribution in [-0.4, -0.2) is 7.11 Å². The van der Waals surface area contributed by atoms with Crippen molar-refractivity contribution in [2.24, 2.45) is 5.84 Å². The molecule has 1 unspecified atom stereocenters. The van der Waals surface area contributed by atoms with E-state index in [-0.39, 0.29) is 6.04 Å². The maximum Gasteiger partial charge on any atom is 0.124 e. The maximum atomic E-state index is 5.72. The van der Waals surface area contributed by atoms with Crippen molar-refractivity contribution >= 4 is 31.9 Å². The van der Waals surface area contributed by atoms with Crippen molar-refractivity contribution in [1.29, 1.82) is 0 Å². The number of halogens is 2. The molecule has 20 heavy (non-hydrogen) atoms. The summed E-state index contributed by atoms with van der Waals surface area (Å²) < 4.78 is 7.49. The van der Waals surface area contributed by atoms with Crippen molar-refractivity contribution < 1.29 is 4.74 Å². The highest BCUT2D eigenvalue weighted by atomic mass is 79.9. The lowest BCUT2D eigenvalue weighted by atomic mass is 9.98. The standard InChI is InChI=1S/C15H16Br2N2O/c1-20-15-9-12(17)6-7-13(15)14(19-18)8-10-2-4-11(16)5-3-10/h2-7,9,14,19H,8,18H2,1H3. The minimum Gasteiger partial charge on any atom is -0.496 e. The van der Waals surface area contributed by atoms with Gasteiger partial charge in [0, 0.05) is 14.5 Å². The van der Waals surface area contributed by atoms with Crippen molar-refractivity contribution in [2.75, 3.05) is 7.11 Å². The molecule has 2 aromatic rings. The van der Waals surface area contributed by atoms with Crippen LogP contribution in [0.5, 0.6) is 5.75 Å². The molecule has 0 fully saturated rings. The van der Waals surface area contributed by atoms with Crippen molar-refractivity contribution in [3.05, 3.63) is 62.5 Å². The van der Waals surface area contributed by atoms with Gasteiger partial charge in [0.25, 0.3) is 0 Å². The van der Waals surface area contributed by atoms with Crippen LogP contribution in [0.3, 0.4) is 0 Å². The molecule has 0 saturated carbocycles. The van der Waals surface area contributed by atoms with Crippen LogP contribution in [0.4, 0.5) is 0 Å². The second kappa shape index (κ2) is 7.22. The number of ether oxygens (including phenoxy) is 1. The third-order valence-corrected chi connectivity index (χ3v) is 4.15. The van der Waals surface area contributed by atoms with Crippen LogP contribution in [0.15, 0.2) is 51.4 Å². The summed E-state index contributed by atoms with van der Waals surface area (Å²) in [6, 6.07) is 14.2. The van der Waals surface area contributed by atoms with Gasteiger partial charge in [0.2, 0.25) is 0 Å². The fraction of sp³-hybridized carbons (Fsp3) is 0.200. The van der Waals surface area contributed by atoms with Crippen LogP contribution < -0.4 is 16.0 Å². The number of hydrazine groups is 1. The van der Waals surface area contributed by atoms with Gasteiger partial charge in [0.1, 0.15) is 5.75 Å². The quantitative estimate of drug-likeness (QED) is 0.590. The molecule has 3 N–H and O–H groups in total. The summed E-state index contributed by atoms with van der Waals surface area (Å²) in [4.78, 5) is 0. The Balaban J connectivity index is 2.26. The average Bonchev–Trinajstić information content (AvgIpc) is 2.47. The van der Waals surface area contributed by atoms with Gasteiger partial charge in [-0.2, -0.15) is 0 Å². The summed E-state index contributed by atoms with van der Waals surface area (Å²) in [6.45, 7) is 0. The third-order valence-electron chi connectivity index (χ3n) is 3.13. The van der Waals surface area contributed by atoms with E-state index in [1.54, 1.807) is 7.11 Å². The number of methoxy groups -OCH3 is 1. The molecule has 0 radical (unpaired) electrons. The van der Waals surface area contributed by atoms with E-state index in [4.69, 9.17) is 10.6 Å². The lowest BCUT2D eigenvalue weighted by Gasteiger charge is -2.19. The Labute approximate surface area is 135 Å². The Morgan fingerprint density at radius 1 is 1.10 bits per heavy atom. The van der Waals surface area contributed by atoms with E-state index in [0.717, 1.165) is 26.7 Å². The number of hydrogen-bond acceptors (Lipinski definition) is 3. The highest BCUT2D eigenvalue weighted by Crippen LogP contribution is 2.30. The molecule has 2 aromatic carbocycles. The normalized spacial score (nSPS) is 12.2. The average molecular weight is 400 g/mol. The predicted octanol–water partition coefficient (Wildman–Crippen LogP) is 3.97. The summed E-state index contributed by atoms with van der Waals surface area (Å²) in [5, 5.41) is 0. The smallest absolute Gasteiger partial charge is 0.124 e. The van der Waals surface area contributed by atoms with E-state index in [9.17, 15) is 0 Å². The zero-order valence-electron chi connectivity index (χ0n) is 11.1. The molecule has 0 heterocycles. The lowest BCUT2D eigenvalue weighted by molar-refractivity contribution is 0.398. The van der Waals surface area contributed by atoms with Crippen molar-refractivity contribution in [3.8, 4) is 5.75 Å². The first-order chi connectivity index (χ1) is 9.63. The monoisotopic (exact) mass is 398 g/mol. The van der Waals surface area contributed by atoms with E-state index in [0.29, 0.717) is 0 Å². The summed E-state index contributed by atoms with van der Waals surface area (Å²) in [5.74, 6) is 6.54. The van der Waals surface area contributed by atoms with Gasteiger partial charge in [-0.05, 0) is 36.2 Å². The van der Waals surface area contributed by atoms with Crippen LogP contribution in [0.2, 0.25) is 0 Å². The number of hydrogen-bond donors (Lipinski definition) is 2. The van der Waals surface area contributed by atoms with E-state index >= 15 is 0 Å². The molecule has 0 aromatic heterocycles. The summed E-state index contributed by atoms with van der Waals surface area (Å²) in [5.41, 5.74) is 5.12. The Hall–Kier alpha value is -0.880. The van der Waals surface area contributed by atoms with E-state index in [1.807, 2.05) is 30.3 Å². The second-order valence-corrected chi connectivity index (χ2v) is 6.27. The molecular weight excluding hydrogens is 384 g/mol. The predicted molar refractivity (Wildman–Crippen MR) is 88.6 cm³/mol. The minimum atomic E-state index is -0.000717. The summed E-state index contributed by atoms with van der Waals surface area (Å²) >= 11 is 6.88. The fourth-order valence-electron chi connectivity index (χ4n) is 2.09. The second-order valence-electron chi connectivity index (χ2n) is 4.44. The van der Waals surface area contributed by atoms with Crippen LogP contribution >= 0.6 is 31.9 Å². The summed E-state index contributed by atoms with van der Waals surface area (Å²) in [7, 11) is 1.67. The molecule has 2 rings (SSSR count). The van der Waals surface area contributed by atoms with E-state index < -0.39 is 0 Å². The number of rotatable bonds is 5. The Bertz CT molecular complexity index is 573. The molecule has 5 heteroatoms. The third kappa shape index (κ3) is 3.82. The van der Waals surface area contributed by atoms with Crippen molar-refractivity contribution in [3.63, 3.8) is 0 Å². The van der Waals surface area contributed by atoms with Gasteiger partial charge in [-0.25, -0.2) is 0 Å². The van der Waals surface area contributed by atoms with Gasteiger partial charge in [-0.3, -0.25) is 11.3 Å². The van der Waals surface area contributed by atoms with E-state index in [1.165, 1.54) is 5.56 Å². The maximum absolute atomic E-state index is 5.72. The Morgan fingerprint density at radius 3 is 2.35 bits per heavy atom. The van der Waals surface area contributed by atoms with Gasteiger partial charge >= 0.3 is 0 Å². The SMILES string of the molecule is COc1cc(Br)ccc1C(Cc1ccc(Br)cc1)NN. The van der Waals surface area contributed by atoms with Gasteiger partial charge in [0.05, 0.1) is 13.2 Å². The van der Waals surface area contributed by atoms with Crippen molar-refractivity contribution in [1.82, 2.24) is 5.43 Å². The van der Waals surface area contributed by atoms with Gasteiger partial charge in [-0.15, -0.1) is 0 Å². The molecule has 0 saturated heterocycles. The minimum absolute atomic E-state index is 0.000717. The topological polar surface area (TPSA) is 47.3 Å². The molecule has 0 spiro atoms. The first-order valence-corrected chi connectivity index (χ1v) is 7.76. The fourth-order valence-corrected chi connectivity index (χ4v) is 2.69.